The van der Waals surface area contributed by atoms with Crippen molar-refractivity contribution in [3.8, 4) is 95.5 Å². The smallest absolute Gasteiger partial charge is 0.166 e. The number of benzene rings is 12. The minimum absolute atomic E-state index is 0.0522. The van der Waals surface area contributed by atoms with Crippen LogP contribution < -0.4 is 0 Å². The Balaban J connectivity index is 0.858. The zero-order valence-corrected chi connectivity index (χ0v) is 43.9. The van der Waals surface area contributed by atoms with Gasteiger partial charge in [-0.15, -0.1) is 11.3 Å². The number of nitrogens with zero attached hydrogens (tertiary/aromatic N) is 4. The quantitative estimate of drug-likeness (QED) is 0.145. The molecular formula is C75H46N4OS. The zero-order valence-electron chi connectivity index (χ0n) is 50.1. The standard InChI is InChI=1S/C75H46N4OS/c1-2-18-47(19-3-1)48-20-12-21-49(42-48)50-22-13-23-51(43-50)52-24-14-26-55(44-52)73-76-74(78-75(77-73)64-31-6-10-38-68(64)79-66-36-8-4-28-59(66)60-29-5-9-37-67(60)79)56-27-15-25-53(45-56)58-33-17-35-63-65-46-54(40-41-70(65)81-72(58)63)57-32-16-34-62-61-30-7-11-39-69(61)80-71(57)62/h1-46H/i4D,5D,8D,28D,29D,36D,37D. The number of hydrogen-bond donors (Lipinski definition) is 0. The van der Waals surface area contributed by atoms with Crippen LogP contribution >= 0.6 is 11.3 Å². The van der Waals surface area contributed by atoms with E-state index in [4.69, 9.17) is 26.2 Å². The molecule has 378 valence electrons. The summed E-state index contributed by atoms with van der Waals surface area (Å²) in [5.41, 5.74) is 14.8. The van der Waals surface area contributed by atoms with Gasteiger partial charge in [0.1, 0.15) is 11.2 Å². The fourth-order valence-corrected chi connectivity index (χ4v) is 12.8. The molecule has 6 heteroatoms. The van der Waals surface area contributed by atoms with Crippen LogP contribution in [0.25, 0.3) is 159 Å². The summed E-state index contributed by atoms with van der Waals surface area (Å²) in [7, 11) is 0. The predicted octanol–water partition coefficient (Wildman–Crippen LogP) is 20.6. The van der Waals surface area contributed by atoms with Crippen molar-refractivity contribution in [1.29, 1.82) is 0 Å². The fraction of sp³-hybridized carbons (Fsp3) is 0. The molecule has 0 aliphatic rings. The van der Waals surface area contributed by atoms with Gasteiger partial charge in [-0.1, -0.05) is 212 Å². The summed E-state index contributed by atoms with van der Waals surface area (Å²) in [6, 6.07) is 77.7. The Bertz CT molecular complexity index is 5580. The third kappa shape index (κ3) is 8.03. The first-order chi connectivity index (χ1) is 43.0. The summed E-state index contributed by atoms with van der Waals surface area (Å²) in [4.78, 5) is 15.9. The monoisotopic (exact) mass is 1060 g/mol. The van der Waals surface area contributed by atoms with Gasteiger partial charge in [0.25, 0.3) is 0 Å². The van der Waals surface area contributed by atoms with Crippen LogP contribution in [0, 0.1) is 0 Å². The summed E-state index contributed by atoms with van der Waals surface area (Å²) < 4.78 is 73.6. The molecule has 0 amide bonds. The van der Waals surface area contributed by atoms with E-state index in [1.165, 1.54) is 6.07 Å². The number of hydrogen-bond acceptors (Lipinski definition) is 5. The van der Waals surface area contributed by atoms with E-state index in [0.29, 0.717) is 22.9 Å². The van der Waals surface area contributed by atoms with Gasteiger partial charge in [-0.2, -0.15) is 0 Å². The molecule has 0 saturated carbocycles. The zero-order chi connectivity index (χ0) is 59.5. The van der Waals surface area contributed by atoms with Crippen LogP contribution in [0.4, 0.5) is 0 Å². The highest BCUT2D eigenvalue weighted by molar-refractivity contribution is 7.26. The number of fused-ring (bicyclic) bond motifs is 9. The van der Waals surface area contributed by atoms with E-state index in [-0.39, 0.29) is 57.8 Å². The summed E-state index contributed by atoms with van der Waals surface area (Å²) >= 11 is 1.75. The highest BCUT2D eigenvalue weighted by Crippen LogP contribution is 2.44. The van der Waals surface area contributed by atoms with Crippen molar-refractivity contribution in [2.24, 2.45) is 0 Å². The maximum absolute atomic E-state index is 9.35. The Morgan fingerprint density at radius 2 is 0.852 bits per heavy atom. The highest BCUT2D eigenvalue weighted by atomic mass is 32.1. The van der Waals surface area contributed by atoms with Crippen LogP contribution in [0.3, 0.4) is 0 Å². The lowest BCUT2D eigenvalue weighted by Gasteiger charge is -2.15. The van der Waals surface area contributed by atoms with Crippen LogP contribution in [0.2, 0.25) is 0 Å². The van der Waals surface area contributed by atoms with Gasteiger partial charge in [0.2, 0.25) is 0 Å². The second kappa shape index (κ2) is 19.1. The van der Waals surface area contributed by atoms with Gasteiger partial charge in [0.05, 0.1) is 26.3 Å². The normalized spacial score (nSPS) is 12.9. The molecule has 0 radical (unpaired) electrons. The molecular weight excluding hydrogens is 1000 g/mol. The Labute approximate surface area is 480 Å². The summed E-state index contributed by atoms with van der Waals surface area (Å²) in [6.45, 7) is 0. The minimum Gasteiger partial charge on any atom is -0.455 e. The van der Waals surface area contributed by atoms with E-state index >= 15 is 0 Å². The largest absolute Gasteiger partial charge is 0.455 e. The maximum atomic E-state index is 9.35. The molecule has 16 rings (SSSR count). The van der Waals surface area contributed by atoms with Crippen LogP contribution in [0.15, 0.2) is 283 Å². The van der Waals surface area contributed by atoms with Crippen molar-refractivity contribution in [3.63, 3.8) is 0 Å². The van der Waals surface area contributed by atoms with E-state index < -0.39 is 12.1 Å². The molecule has 81 heavy (non-hydrogen) atoms. The second-order valence-corrected chi connectivity index (χ2v) is 21.2. The molecule has 0 spiro atoms. The van der Waals surface area contributed by atoms with Crippen molar-refractivity contribution in [2.75, 3.05) is 0 Å². The lowest BCUT2D eigenvalue weighted by Crippen LogP contribution is -2.03. The summed E-state index contributed by atoms with van der Waals surface area (Å²) in [5, 5.41) is 4.60. The molecule has 5 nitrogen and oxygen atoms in total. The fourth-order valence-electron chi connectivity index (χ4n) is 11.5. The maximum Gasteiger partial charge on any atom is 0.166 e. The van der Waals surface area contributed by atoms with Crippen molar-refractivity contribution in [3.05, 3.63) is 279 Å². The number of para-hydroxylation sites is 5. The van der Waals surface area contributed by atoms with Gasteiger partial charge in [-0.25, -0.2) is 15.0 Å². The Morgan fingerprint density at radius 1 is 0.333 bits per heavy atom. The number of furan rings is 1. The third-order valence-electron chi connectivity index (χ3n) is 15.4. The van der Waals surface area contributed by atoms with E-state index in [1.54, 1.807) is 22.0 Å². The molecule has 0 bridgehead atoms. The molecule has 12 aromatic carbocycles. The molecule has 0 aliphatic heterocycles. The van der Waals surface area contributed by atoms with E-state index in [0.717, 1.165) is 109 Å². The first-order valence-electron chi connectivity index (χ1n) is 30.2. The first kappa shape index (κ1) is 39.8. The minimum atomic E-state index is -0.475. The van der Waals surface area contributed by atoms with E-state index in [1.807, 2.05) is 78.9 Å². The van der Waals surface area contributed by atoms with Crippen molar-refractivity contribution < 1.29 is 14.0 Å². The average Bonchev–Trinajstić information content (AvgIpc) is 1.62. The molecule has 0 atom stereocenters. The van der Waals surface area contributed by atoms with E-state index in [2.05, 4.69) is 146 Å². The Hall–Kier alpha value is -10.5. The number of rotatable bonds is 9. The van der Waals surface area contributed by atoms with Crippen molar-refractivity contribution >= 4 is 75.3 Å². The van der Waals surface area contributed by atoms with Crippen LogP contribution in [-0.4, -0.2) is 19.5 Å². The van der Waals surface area contributed by atoms with Crippen LogP contribution in [0.5, 0.6) is 0 Å². The average molecular weight is 1060 g/mol. The molecule has 4 heterocycles. The molecule has 0 fully saturated rings. The first-order valence-corrected chi connectivity index (χ1v) is 27.5. The van der Waals surface area contributed by atoms with Gasteiger partial charge in [-0.3, -0.25) is 0 Å². The van der Waals surface area contributed by atoms with Crippen LogP contribution in [-0.2, 0) is 0 Å². The summed E-state index contributed by atoms with van der Waals surface area (Å²) in [6.07, 6.45) is 0. The molecule has 0 saturated heterocycles. The molecule has 0 aliphatic carbocycles. The van der Waals surface area contributed by atoms with E-state index in [9.17, 15) is 2.74 Å². The molecule has 4 aromatic heterocycles. The molecule has 16 aromatic rings. The highest BCUT2D eigenvalue weighted by Gasteiger charge is 2.21. The van der Waals surface area contributed by atoms with Crippen molar-refractivity contribution in [1.82, 2.24) is 19.5 Å². The van der Waals surface area contributed by atoms with Crippen molar-refractivity contribution in [2.45, 2.75) is 0 Å². The van der Waals surface area contributed by atoms with Gasteiger partial charge < -0.3 is 8.98 Å². The van der Waals surface area contributed by atoms with Gasteiger partial charge in [0, 0.05) is 64.0 Å². The number of thiophene rings is 1. The molecule has 0 N–H and O–H groups in total. The number of aromatic nitrogens is 4. The molecule has 0 unspecified atom stereocenters. The predicted molar refractivity (Wildman–Crippen MR) is 338 cm³/mol. The van der Waals surface area contributed by atoms with Gasteiger partial charge in [0.15, 0.2) is 17.5 Å². The van der Waals surface area contributed by atoms with Gasteiger partial charge >= 0.3 is 0 Å². The SMILES string of the molecule is [2H]c1cc([2H])c2c(c1[2H])c1c([2H])c([2H])c([2H])c([2H])c1n2-c1ccccc1-c1nc(-c2cccc(-c3cccc(-c4cccc(-c5ccccc5)c4)c3)c2)nc(-c2cccc(-c3cccc4c3sc3ccc(-c5cccc6c5oc5ccccc56)cc34)c2)n1. The Morgan fingerprint density at radius 3 is 1.62 bits per heavy atom. The lowest BCUT2D eigenvalue weighted by atomic mass is 9.95. The Kier molecular flexibility index (Phi) is 9.39. The third-order valence-corrected chi connectivity index (χ3v) is 16.6. The van der Waals surface area contributed by atoms with Gasteiger partial charge in [-0.05, 0) is 117 Å². The van der Waals surface area contributed by atoms with Crippen LogP contribution in [0.1, 0.15) is 9.60 Å². The lowest BCUT2D eigenvalue weighted by molar-refractivity contribution is 0.670. The second-order valence-electron chi connectivity index (χ2n) is 20.1. The topological polar surface area (TPSA) is 56.7 Å². The summed E-state index contributed by atoms with van der Waals surface area (Å²) in [5.74, 6) is 1.03.